The second-order valence-electron chi connectivity index (χ2n) is 21.0. The summed E-state index contributed by atoms with van der Waals surface area (Å²) in [6.07, 6.45) is 71.0. The van der Waals surface area contributed by atoms with Gasteiger partial charge in [-0.1, -0.05) is 294 Å². The predicted octanol–water partition coefficient (Wildman–Crippen LogP) is 18.0. The van der Waals surface area contributed by atoms with Crippen LogP contribution in [0.3, 0.4) is 0 Å². The van der Waals surface area contributed by atoms with Crippen LogP contribution in [0, 0.1) is 0 Å². The molecule has 0 saturated carbocycles. The molecule has 5 N–H and O–H groups in total. The lowest BCUT2D eigenvalue weighted by atomic mass is 10.00. The van der Waals surface area contributed by atoms with Gasteiger partial charge in [-0.2, -0.15) is 0 Å². The standard InChI is InChI=1S/C62H119NO5/c1-3-5-7-9-11-13-15-17-19-21-23-24-25-26-27-28-29-30-31-32-33-34-35-36-37-38-40-42-44-46-48-50-52-54-56-60(66)62(68)63-58(57-64)61(67)59(65)55-53-51-49-47-45-43-41-39-22-20-18-16-14-12-10-8-6-4-2/h16,18,39,41,47,49,58-61,64-67H,3-15,17,19-38,40,42-46,48,50-57H2,1-2H3,(H,63,68)/b18-16+,41-39+,49-47+. The van der Waals surface area contributed by atoms with E-state index in [1.54, 1.807) is 0 Å². The van der Waals surface area contributed by atoms with Crippen molar-refractivity contribution in [1.82, 2.24) is 5.32 Å². The van der Waals surface area contributed by atoms with Crippen molar-refractivity contribution in [3.8, 4) is 0 Å². The Balaban J connectivity index is 3.57. The second kappa shape index (κ2) is 56.4. The lowest BCUT2D eigenvalue weighted by Gasteiger charge is -2.27. The molecule has 0 spiro atoms. The van der Waals surface area contributed by atoms with Gasteiger partial charge in [-0.3, -0.25) is 4.79 Å². The van der Waals surface area contributed by atoms with E-state index in [9.17, 15) is 25.2 Å². The van der Waals surface area contributed by atoms with Crippen LogP contribution < -0.4 is 5.32 Å². The Bertz CT molecular complexity index is 1080. The molecule has 0 bridgehead atoms. The minimum atomic E-state index is -1.29. The first-order chi connectivity index (χ1) is 33.5. The van der Waals surface area contributed by atoms with E-state index in [0.29, 0.717) is 19.3 Å². The summed E-state index contributed by atoms with van der Waals surface area (Å²) in [5, 5.41) is 43.9. The monoisotopic (exact) mass is 958 g/mol. The summed E-state index contributed by atoms with van der Waals surface area (Å²) in [7, 11) is 0. The van der Waals surface area contributed by atoms with Crippen LogP contribution in [0.25, 0.3) is 0 Å². The predicted molar refractivity (Wildman–Crippen MR) is 297 cm³/mol. The summed E-state index contributed by atoms with van der Waals surface area (Å²) in [6, 6.07) is -1.01. The molecule has 0 fully saturated rings. The normalized spacial score (nSPS) is 13.9. The maximum atomic E-state index is 12.6. The highest BCUT2D eigenvalue weighted by Gasteiger charge is 2.28. The number of nitrogens with one attached hydrogen (secondary N) is 1. The van der Waals surface area contributed by atoms with Crippen LogP contribution in [0.15, 0.2) is 36.5 Å². The number of hydrogen-bond acceptors (Lipinski definition) is 5. The number of carbonyl (C=O) groups excluding carboxylic acids is 1. The number of hydrogen-bond donors (Lipinski definition) is 5. The van der Waals surface area contributed by atoms with Crippen LogP contribution in [0.1, 0.15) is 322 Å². The maximum Gasteiger partial charge on any atom is 0.249 e. The topological polar surface area (TPSA) is 110 Å². The van der Waals surface area contributed by atoms with Gasteiger partial charge in [-0.05, 0) is 64.2 Å². The van der Waals surface area contributed by atoms with Crippen molar-refractivity contribution < 1.29 is 25.2 Å². The highest BCUT2D eigenvalue weighted by molar-refractivity contribution is 5.80. The zero-order valence-electron chi connectivity index (χ0n) is 45.6. The van der Waals surface area contributed by atoms with Gasteiger partial charge < -0.3 is 25.7 Å². The van der Waals surface area contributed by atoms with Crippen molar-refractivity contribution in [3.05, 3.63) is 36.5 Å². The van der Waals surface area contributed by atoms with Crippen LogP contribution in [0.2, 0.25) is 0 Å². The SMILES string of the molecule is CCCCCCC/C=C/CC/C=C/CC/C=C/CCCC(O)C(O)C(CO)NC(=O)C(O)CCCCCCCCCCCCCCCCCCCCCCCCCCCCCCCCCCCC. The third-order valence-electron chi connectivity index (χ3n) is 14.3. The molecule has 1 amide bonds. The van der Waals surface area contributed by atoms with Gasteiger partial charge in [-0.25, -0.2) is 0 Å². The van der Waals surface area contributed by atoms with Gasteiger partial charge in [0.2, 0.25) is 5.91 Å². The molecule has 6 nitrogen and oxygen atoms in total. The highest BCUT2D eigenvalue weighted by Crippen LogP contribution is 2.18. The maximum absolute atomic E-state index is 12.6. The number of aliphatic hydroxyl groups excluding tert-OH is 4. The van der Waals surface area contributed by atoms with Crippen molar-refractivity contribution in [2.45, 2.75) is 346 Å². The van der Waals surface area contributed by atoms with E-state index >= 15 is 0 Å². The van der Waals surface area contributed by atoms with Crippen LogP contribution in [0.5, 0.6) is 0 Å². The van der Waals surface area contributed by atoms with Gasteiger partial charge in [0.25, 0.3) is 0 Å². The Labute approximate surface area is 424 Å². The average Bonchev–Trinajstić information content (AvgIpc) is 3.34. The lowest BCUT2D eigenvalue weighted by molar-refractivity contribution is -0.132. The first kappa shape index (κ1) is 66.5. The molecule has 0 aliphatic heterocycles. The molecule has 6 heteroatoms. The van der Waals surface area contributed by atoms with Crippen molar-refractivity contribution >= 4 is 5.91 Å². The fourth-order valence-electron chi connectivity index (χ4n) is 9.56. The van der Waals surface area contributed by atoms with Gasteiger partial charge in [0, 0.05) is 0 Å². The molecule has 0 aromatic heterocycles. The van der Waals surface area contributed by atoms with Crippen molar-refractivity contribution in [2.75, 3.05) is 6.61 Å². The Hall–Kier alpha value is -1.47. The summed E-state index contributed by atoms with van der Waals surface area (Å²) in [5.74, 6) is -0.594. The van der Waals surface area contributed by atoms with Crippen LogP contribution in [-0.4, -0.2) is 57.3 Å². The van der Waals surface area contributed by atoms with E-state index < -0.39 is 36.9 Å². The molecule has 402 valence electrons. The molecule has 4 atom stereocenters. The third-order valence-corrected chi connectivity index (χ3v) is 14.3. The Kier molecular flexibility index (Phi) is 55.2. The number of amides is 1. The van der Waals surface area contributed by atoms with Crippen LogP contribution in [-0.2, 0) is 4.79 Å². The molecule has 0 heterocycles. The number of allylic oxidation sites excluding steroid dienone is 6. The summed E-state index contributed by atoms with van der Waals surface area (Å²) >= 11 is 0. The first-order valence-corrected chi connectivity index (χ1v) is 30.4. The van der Waals surface area contributed by atoms with Gasteiger partial charge in [0.15, 0.2) is 0 Å². The zero-order chi connectivity index (χ0) is 49.5. The van der Waals surface area contributed by atoms with Crippen LogP contribution >= 0.6 is 0 Å². The highest BCUT2D eigenvalue weighted by atomic mass is 16.3. The Morgan fingerprint density at radius 2 is 0.618 bits per heavy atom. The molecule has 0 aromatic carbocycles. The Morgan fingerprint density at radius 3 is 0.926 bits per heavy atom. The number of unbranched alkanes of at least 4 members (excludes halogenated alkanes) is 41. The van der Waals surface area contributed by atoms with Gasteiger partial charge in [0.05, 0.1) is 18.8 Å². The molecule has 0 aromatic rings. The van der Waals surface area contributed by atoms with Crippen molar-refractivity contribution in [1.29, 1.82) is 0 Å². The van der Waals surface area contributed by atoms with E-state index in [1.807, 2.05) is 0 Å². The smallest absolute Gasteiger partial charge is 0.249 e. The van der Waals surface area contributed by atoms with Crippen LogP contribution in [0.4, 0.5) is 0 Å². The number of aliphatic hydroxyl groups is 4. The van der Waals surface area contributed by atoms with E-state index in [4.69, 9.17) is 0 Å². The van der Waals surface area contributed by atoms with E-state index in [-0.39, 0.29) is 0 Å². The van der Waals surface area contributed by atoms with Gasteiger partial charge >= 0.3 is 0 Å². The average molecular weight is 959 g/mol. The van der Waals surface area contributed by atoms with E-state index in [0.717, 1.165) is 51.4 Å². The second-order valence-corrected chi connectivity index (χ2v) is 21.0. The molecular formula is C62H119NO5. The molecule has 68 heavy (non-hydrogen) atoms. The molecule has 4 unspecified atom stereocenters. The van der Waals surface area contributed by atoms with Crippen molar-refractivity contribution in [3.63, 3.8) is 0 Å². The lowest BCUT2D eigenvalue weighted by Crippen LogP contribution is -2.53. The first-order valence-electron chi connectivity index (χ1n) is 30.4. The quantitative estimate of drug-likeness (QED) is 0.0308. The summed E-state index contributed by atoms with van der Waals surface area (Å²) < 4.78 is 0. The van der Waals surface area contributed by atoms with Crippen molar-refractivity contribution in [2.24, 2.45) is 0 Å². The zero-order valence-corrected chi connectivity index (χ0v) is 45.6. The minimum absolute atomic E-state index is 0.362. The summed E-state index contributed by atoms with van der Waals surface area (Å²) in [6.45, 7) is 4.05. The largest absolute Gasteiger partial charge is 0.394 e. The van der Waals surface area contributed by atoms with E-state index in [1.165, 1.54) is 238 Å². The summed E-state index contributed by atoms with van der Waals surface area (Å²) in [5.41, 5.74) is 0. The minimum Gasteiger partial charge on any atom is -0.394 e. The Morgan fingerprint density at radius 1 is 0.353 bits per heavy atom. The molecule has 0 radical (unpaired) electrons. The van der Waals surface area contributed by atoms with Gasteiger partial charge in [-0.15, -0.1) is 0 Å². The van der Waals surface area contributed by atoms with E-state index in [2.05, 4.69) is 55.6 Å². The fraction of sp³-hybridized carbons (Fsp3) is 0.887. The molecule has 0 rings (SSSR count). The molecule has 0 aliphatic carbocycles. The molecular weight excluding hydrogens is 839 g/mol. The fourth-order valence-corrected chi connectivity index (χ4v) is 9.56. The number of carbonyl (C=O) groups is 1. The molecule has 0 aliphatic rings. The van der Waals surface area contributed by atoms with Gasteiger partial charge in [0.1, 0.15) is 12.2 Å². The molecule has 0 saturated heterocycles. The number of rotatable bonds is 56. The third kappa shape index (κ3) is 49.5. The summed E-state index contributed by atoms with van der Waals surface area (Å²) in [4.78, 5) is 12.6.